The molecule has 1 aromatic carbocycles. The summed E-state index contributed by atoms with van der Waals surface area (Å²) in [6.07, 6.45) is 7.54. The summed E-state index contributed by atoms with van der Waals surface area (Å²) in [5, 5.41) is 4.78. The summed E-state index contributed by atoms with van der Waals surface area (Å²) in [6.45, 7) is 2.03. The number of carbonyl (C=O) groups excluding carboxylic acids is 1. The van der Waals surface area contributed by atoms with Gasteiger partial charge in [-0.25, -0.2) is 0 Å². The number of fused-ring (bicyclic) bond motifs is 3. The van der Waals surface area contributed by atoms with E-state index in [-0.39, 0.29) is 5.92 Å². The van der Waals surface area contributed by atoms with E-state index in [1.807, 2.05) is 25.1 Å². The van der Waals surface area contributed by atoms with Gasteiger partial charge in [-0.2, -0.15) is 0 Å². The van der Waals surface area contributed by atoms with Crippen molar-refractivity contribution in [1.82, 2.24) is 10.3 Å². The van der Waals surface area contributed by atoms with Crippen LogP contribution >= 0.6 is 0 Å². The van der Waals surface area contributed by atoms with E-state index in [0.29, 0.717) is 17.9 Å². The molecular weight excluding hydrogens is 272 g/mol. The summed E-state index contributed by atoms with van der Waals surface area (Å²) in [6, 6.07) is 9.11. The normalized spacial score (nSPS) is 27.8. The summed E-state index contributed by atoms with van der Waals surface area (Å²) in [7, 11) is 0. The lowest BCUT2D eigenvalue weighted by Crippen LogP contribution is -2.50. The Morgan fingerprint density at radius 3 is 2.73 bits per heavy atom. The van der Waals surface area contributed by atoms with Crippen LogP contribution in [0.3, 0.4) is 0 Å². The maximum absolute atomic E-state index is 13.0. The standard InChI is InChI=1S/C19H22N2O/c1-12-17(8-7-13-4-3-9-20-18(12)13)19(22)14-10-15-5-2-6-16(11-14)21-15/h3-4,7-9,14-16,21H,2,5-6,10-11H2,1H3. The number of piperidine rings is 2. The van der Waals surface area contributed by atoms with E-state index in [4.69, 9.17) is 0 Å². The average molecular weight is 294 g/mol. The van der Waals surface area contributed by atoms with Gasteiger partial charge < -0.3 is 5.32 Å². The summed E-state index contributed by atoms with van der Waals surface area (Å²) in [5.41, 5.74) is 2.87. The second-order valence-corrected chi connectivity index (χ2v) is 6.84. The molecule has 114 valence electrons. The molecule has 0 spiro atoms. The molecule has 0 aliphatic carbocycles. The van der Waals surface area contributed by atoms with E-state index in [0.717, 1.165) is 34.9 Å². The monoisotopic (exact) mass is 294 g/mol. The predicted molar refractivity (Wildman–Crippen MR) is 88.1 cm³/mol. The molecule has 0 amide bonds. The molecule has 2 aliphatic rings. The first-order valence-corrected chi connectivity index (χ1v) is 8.37. The molecule has 2 fully saturated rings. The van der Waals surface area contributed by atoms with Crippen LogP contribution in [0, 0.1) is 12.8 Å². The highest BCUT2D eigenvalue weighted by Gasteiger charge is 2.35. The topological polar surface area (TPSA) is 42.0 Å². The molecule has 2 atom stereocenters. The number of benzene rings is 1. The molecule has 1 N–H and O–H groups in total. The molecule has 3 nitrogen and oxygen atoms in total. The fraction of sp³-hybridized carbons (Fsp3) is 0.474. The average Bonchev–Trinajstić information content (AvgIpc) is 2.54. The summed E-state index contributed by atoms with van der Waals surface area (Å²) in [4.78, 5) is 17.5. The van der Waals surface area contributed by atoms with Crippen molar-refractivity contribution in [3.05, 3.63) is 41.6 Å². The zero-order valence-electron chi connectivity index (χ0n) is 13.0. The number of aryl methyl sites for hydroxylation is 1. The number of nitrogens with zero attached hydrogens (tertiary/aromatic N) is 1. The third kappa shape index (κ3) is 2.34. The quantitative estimate of drug-likeness (QED) is 0.860. The highest BCUT2D eigenvalue weighted by atomic mass is 16.1. The maximum atomic E-state index is 13.0. The van der Waals surface area contributed by atoms with Gasteiger partial charge in [0, 0.05) is 35.1 Å². The molecule has 4 rings (SSSR count). The van der Waals surface area contributed by atoms with Crippen molar-refractivity contribution in [3.8, 4) is 0 Å². The molecule has 3 heteroatoms. The molecule has 3 heterocycles. The minimum absolute atomic E-state index is 0.177. The van der Waals surface area contributed by atoms with Gasteiger partial charge in [0.15, 0.2) is 5.78 Å². The molecule has 2 aliphatic heterocycles. The van der Waals surface area contributed by atoms with Crippen LogP contribution in [0.15, 0.2) is 30.5 Å². The van der Waals surface area contributed by atoms with Crippen LogP contribution in [-0.2, 0) is 0 Å². The number of hydrogen-bond donors (Lipinski definition) is 1. The van der Waals surface area contributed by atoms with E-state index in [1.165, 1.54) is 19.3 Å². The van der Waals surface area contributed by atoms with Crippen LogP contribution in [0.4, 0.5) is 0 Å². The highest BCUT2D eigenvalue weighted by molar-refractivity contribution is 6.03. The minimum atomic E-state index is 0.177. The number of rotatable bonds is 2. The molecule has 0 saturated carbocycles. The van der Waals surface area contributed by atoms with Crippen LogP contribution in [-0.4, -0.2) is 22.9 Å². The van der Waals surface area contributed by atoms with E-state index >= 15 is 0 Å². The molecule has 0 radical (unpaired) electrons. The number of Topliss-reactive ketones (excluding diaryl/α,β-unsaturated/α-hetero) is 1. The number of pyridine rings is 1. The van der Waals surface area contributed by atoms with Gasteiger partial charge in [-0.3, -0.25) is 9.78 Å². The summed E-state index contributed by atoms with van der Waals surface area (Å²) < 4.78 is 0. The van der Waals surface area contributed by atoms with E-state index in [9.17, 15) is 4.79 Å². The Morgan fingerprint density at radius 2 is 1.95 bits per heavy atom. The second kappa shape index (κ2) is 5.47. The first-order chi connectivity index (χ1) is 10.7. The van der Waals surface area contributed by atoms with Gasteiger partial charge in [0.2, 0.25) is 0 Å². The van der Waals surface area contributed by atoms with E-state index < -0.39 is 0 Å². The van der Waals surface area contributed by atoms with Gasteiger partial charge in [-0.1, -0.05) is 24.6 Å². The highest BCUT2D eigenvalue weighted by Crippen LogP contribution is 2.33. The van der Waals surface area contributed by atoms with Crippen molar-refractivity contribution in [2.24, 2.45) is 5.92 Å². The Balaban J connectivity index is 1.66. The van der Waals surface area contributed by atoms with E-state index in [2.05, 4.69) is 16.4 Å². The molecule has 22 heavy (non-hydrogen) atoms. The summed E-state index contributed by atoms with van der Waals surface area (Å²) in [5.74, 6) is 0.500. The van der Waals surface area contributed by atoms with Crippen molar-refractivity contribution in [1.29, 1.82) is 0 Å². The molecular formula is C19H22N2O. The number of ketones is 1. The third-order valence-corrected chi connectivity index (χ3v) is 5.38. The molecule has 2 aromatic rings. The molecule has 2 saturated heterocycles. The van der Waals surface area contributed by atoms with Crippen molar-refractivity contribution >= 4 is 16.7 Å². The van der Waals surface area contributed by atoms with Crippen LogP contribution in [0.2, 0.25) is 0 Å². The Kier molecular flexibility index (Phi) is 3.45. The van der Waals surface area contributed by atoms with Crippen molar-refractivity contribution in [2.75, 3.05) is 0 Å². The maximum Gasteiger partial charge on any atom is 0.166 e. The van der Waals surface area contributed by atoms with Crippen LogP contribution in [0.1, 0.15) is 48.0 Å². The van der Waals surface area contributed by atoms with Crippen molar-refractivity contribution in [3.63, 3.8) is 0 Å². The first kappa shape index (κ1) is 13.9. The Morgan fingerprint density at radius 1 is 1.18 bits per heavy atom. The Bertz CT molecular complexity index is 712. The van der Waals surface area contributed by atoms with Gasteiger partial charge in [0.05, 0.1) is 5.52 Å². The lowest BCUT2D eigenvalue weighted by molar-refractivity contribution is 0.0824. The van der Waals surface area contributed by atoms with Gasteiger partial charge >= 0.3 is 0 Å². The smallest absolute Gasteiger partial charge is 0.166 e. The number of aromatic nitrogens is 1. The van der Waals surface area contributed by atoms with Crippen molar-refractivity contribution < 1.29 is 4.79 Å². The fourth-order valence-corrected chi connectivity index (χ4v) is 4.26. The van der Waals surface area contributed by atoms with Gasteiger partial charge in [0.25, 0.3) is 0 Å². The molecule has 1 aromatic heterocycles. The Hall–Kier alpha value is -1.74. The van der Waals surface area contributed by atoms with Gasteiger partial charge in [-0.15, -0.1) is 0 Å². The predicted octanol–water partition coefficient (Wildman–Crippen LogP) is 3.65. The van der Waals surface area contributed by atoms with Crippen LogP contribution in [0.5, 0.6) is 0 Å². The zero-order chi connectivity index (χ0) is 15.1. The number of nitrogens with one attached hydrogen (secondary N) is 1. The van der Waals surface area contributed by atoms with Crippen molar-refractivity contribution in [2.45, 2.75) is 51.1 Å². The second-order valence-electron chi connectivity index (χ2n) is 6.84. The minimum Gasteiger partial charge on any atom is -0.311 e. The first-order valence-electron chi connectivity index (χ1n) is 8.37. The molecule has 2 unspecified atom stereocenters. The number of hydrogen-bond acceptors (Lipinski definition) is 3. The van der Waals surface area contributed by atoms with Gasteiger partial charge in [0.1, 0.15) is 0 Å². The van der Waals surface area contributed by atoms with Crippen LogP contribution < -0.4 is 5.32 Å². The third-order valence-electron chi connectivity index (χ3n) is 5.38. The lowest BCUT2D eigenvalue weighted by atomic mass is 9.76. The van der Waals surface area contributed by atoms with Crippen LogP contribution in [0.25, 0.3) is 10.9 Å². The Labute approximate surface area is 131 Å². The fourth-order valence-electron chi connectivity index (χ4n) is 4.26. The molecule has 2 bridgehead atoms. The van der Waals surface area contributed by atoms with E-state index in [1.54, 1.807) is 6.20 Å². The zero-order valence-corrected chi connectivity index (χ0v) is 13.0. The SMILES string of the molecule is Cc1c(C(=O)C2CC3CCCC(C2)N3)ccc2cccnc12. The largest absolute Gasteiger partial charge is 0.311 e. The summed E-state index contributed by atoms with van der Waals surface area (Å²) >= 11 is 0. The lowest BCUT2D eigenvalue weighted by Gasteiger charge is -2.39. The van der Waals surface area contributed by atoms with Gasteiger partial charge in [-0.05, 0) is 44.2 Å². The number of carbonyl (C=O) groups is 1.